The minimum Gasteiger partial charge on any atom is -0.382 e. The van der Waals surface area contributed by atoms with Gasteiger partial charge in [0.1, 0.15) is 11.3 Å². The molecular formula is C22H35Cl2N7. The van der Waals surface area contributed by atoms with Crippen LogP contribution in [0.15, 0.2) is 29.3 Å². The van der Waals surface area contributed by atoms with Crippen LogP contribution in [-0.4, -0.2) is 33.1 Å². The number of guanidine groups is 1. The zero-order valence-electron chi connectivity index (χ0n) is 18.6. The van der Waals surface area contributed by atoms with Gasteiger partial charge in [-0.05, 0) is 39.2 Å². The molecule has 9 heteroatoms. The molecule has 0 aliphatic carbocycles. The number of hydrogen-bond donors (Lipinski definition) is 3. The van der Waals surface area contributed by atoms with Gasteiger partial charge in [-0.15, -0.1) is 24.8 Å². The highest BCUT2D eigenvalue weighted by molar-refractivity contribution is 6.06. The fourth-order valence-corrected chi connectivity index (χ4v) is 3.59. The van der Waals surface area contributed by atoms with Crippen LogP contribution in [0.1, 0.15) is 52.3 Å². The molecule has 3 rings (SSSR count). The smallest absolute Gasteiger partial charge is 0.188 e. The van der Waals surface area contributed by atoms with E-state index in [1.54, 1.807) is 0 Å². The Morgan fingerprint density at radius 3 is 2.58 bits per heavy atom. The van der Waals surface area contributed by atoms with Gasteiger partial charge in [-0.1, -0.05) is 31.5 Å². The van der Waals surface area contributed by atoms with E-state index >= 15 is 0 Å². The highest BCUT2D eigenvalue weighted by Gasteiger charge is 2.16. The maximum absolute atomic E-state index is 6.26. The number of hydrogen-bond acceptors (Lipinski definition) is 4. The van der Waals surface area contributed by atoms with Crippen LogP contribution in [0.3, 0.4) is 0 Å². The summed E-state index contributed by atoms with van der Waals surface area (Å²) < 4.78 is 2.34. The zero-order chi connectivity index (χ0) is 20.8. The van der Waals surface area contributed by atoms with E-state index in [0.717, 1.165) is 66.4 Å². The highest BCUT2D eigenvalue weighted by atomic mass is 35.5. The summed E-state index contributed by atoms with van der Waals surface area (Å²) in [5.41, 5.74) is 15.0. The van der Waals surface area contributed by atoms with Gasteiger partial charge in [0.05, 0.1) is 11.0 Å². The maximum Gasteiger partial charge on any atom is 0.188 e. The number of fused-ring (bicyclic) bond motifs is 3. The standard InChI is InChI=1S/C22H33N7.2ClH/c1-4-5-12-18-28-19-20(16-10-6-7-11-17(16)27-21(19)23)29(18)14-9-8-13-25-22(24)26-15(2)3;;/h6-7,10-11,15H,4-5,8-9,12-14H2,1-3H3,(H2,23,27)(H3,24,25,26);2*1H. The van der Waals surface area contributed by atoms with Crippen LogP contribution in [0.4, 0.5) is 5.82 Å². The van der Waals surface area contributed by atoms with Crippen molar-refractivity contribution >= 4 is 58.5 Å². The molecule has 0 unspecified atom stereocenters. The van der Waals surface area contributed by atoms with Gasteiger partial charge in [0.15, 0.2) is 11.8 Å². The predicted molar refractivity (Wildman–Crippen MR) is 137 cm³/mol. The number of aromatic nitrogens is 3. The number of pyridine rings is 1. The largest absolute Gasteiger partial charge is 0.382 e. The van der Waals surface area contributed by atoms with E-state index in [1.165, 1.54) is 0 Å². The second-order valence-electron chi connectivity index (χ2n) is 7.77. The molecule has 0 saturated heterocycles. The number of benzene rings is 1. The summed E-state index contributed by atoms with van der Waals surface area (Å²) in [5, 5.41) is 4.23. The van der Waals surface area contributed by atoms with E-state index in [9.17, 15) is 0 Å². The number of aryl methyl sites for hydroxylation is 2. The summed E-state index contributed by atoms with van der Waals surface area (Å²) in [6.45, 7) is 7.90. The monoisotopic (exact) mass is 467 g/mol. The van der Waals surface area contributed by atoms with Gasteiger partial charge < -0.3 is 21.4 Å². The van der Waals surface area contributed by atoms with E-state index < -0.39 is 0 Å². The second-order valence-corrected chi connectivity index (χ2v) is 7.77. The Bertz CT molecular complexity index is 998. The second kappa shape index (κ2) is 12.6. The number of aliphatic imine (C=N–C) groups is 1. The Morgan fingerprint density at radius 1 is 1.13 bits per heavy atom. The lowest BCUT2D eigenvalue weighted by Crippen LogP contribution is -2.36. The van der Waals surface area contributed by atoms with Crippen LogP contribution in [0.2, 0.25) is 0 Å². The molecule has 3 aromatic rings. The van der Waals surface area contributed by atoms with Crippen molar-refractivity contribution < 1.29 is 0 Å². The molecule has 0 bridgehead atoms. The molecule has 0 aliphatic rings. The number of nitrogen functional groups attached to an aromatic ring is 1. The minimum absolute atomic E-state index is 0. The lowest BCUT2D eigenvalue weighted by Gasteiger charge is -2.11. The Kier molecular flexibility index (Phi) is 10.9. The Labute approximate surface area is 196 Å². The summed E-state index contributed by atoms with van der Waals surface area (Å²) in [7, 11) is 0. The molecule has 2 heterocycles. The lowest BCUT2D eigenvalue weighted by molar-refractivity contribution is 0.592. The molecule has 7 nitrogen and oxygen atoms in total. The summed E-state index contributed by atoms with van der Waals surface area (Å²) in [6, 6.07) is 8.45. The molecule has 0 atom stereocenters. The number of rotatable bonds is 9. The van der Waals surface area contributed by atoms with Crippen molar-refractivity contribution in [2.24, 2.45) is 10.7 Å². The number of unbranched alkanes of at least 4 members (excludes halogenated alkanes) is 2. The number of halogens is 2. The Hall–Kier alpha value is -2.25. The molecule has 0 spiro atoms. The van der Waals surface area contributed by atoms with Gasteiger partial charge in [0.25, 0.3) is 0 Å². The summed E-state index contributed by atoms with van der Waals surface area (Å²) >= 11 is 0. The minimum atomic E-state index is 0. The Balaban J connectivity index is 0.00000240. The number of para-hydroxylation sites is 1. The normalized spacial score (nSPS) is 11.5. The van der Waals surface area contributed by atoms with Crippen molar-refractivity contribution in [1.29, 1.82) is 0 Å². The van der Waals surface area contributed by atoms with E-state index in [0.29, 0.717) is 24.4 Å². The van der Waals surface area contributed by atoms with Crippen LogP contribution < -0.4 is 16.8 Å². The van der Waals surface area contributed by atoms with Gasteiger partial charge in [-0.25, -0.2) is 9.97 Å². The van der Waals surface area contributed by atoms with Crippen LogP contribution in [0, 0.1) is 0 Å². The van der Waals surface area contributed by atoms with Gasteiger partial charge in [0.2, 0.25) is 0 Å². The summed E-state index contributed by atoms with van der Waals surface area (Å²) in [4.78, 5) is 13.8. The quantitative estimate of drug-likeness (QED) is 0.244. The number of nitrogens with zero attached hydrogens (tertiary/aromatic N) is 4. The summed E-state index contributed by atoms with van der Waals surface area (Å²) in [6.07, 6.45) is 5.15. The molecule has 172 valence electrons. The molecule has 0 aliphatic heterocycles. The fourth-order valence-electron chi connectivity index (χ4n) is 3.59. The predicted octanol–water partition coefficient (Wildman–Crippen LogP) is 4.45. The molecule has 0 fully saturated rings. The third-order valence-corrected chi connectivity index (χ3v) is 4.95. The number of imidazole rings is 1. The van der Waals surface area contributed by atoms with E-state index in [1.807, 2.05) is 18.2 Å². The Morgan fingerprint density at radius 2 is 1.87 bits per heavy atom. The number of nitrogens with one attached hydrogen (secondary N) is 1. The van der Waals surface area contributed by atoms with E-state index in [4.69, 9.17) is 16.5 Å². The molecule has 0 radical (unpaired) electrons. The first-order valence-electron chi connectivity index (χ1n) is 10.6. The van der Waals surface area contributed by atoms with Gasteiger partial charge >= 0.3 is 0 Å². The van der Waals surface area contributed by atoms with Crippen LogP contribution in [0.5, 0.6) is 0 Å². The van der Waals surface area contributed by atoms with Crippen molar-refractivity contribution in [3.8, 4) is 0 Å². The highest BCUT2D eigenvalue weighted by Crippen LogP contribution is 2.29. The van der Waals surface area contributed by atoms with Crippen molar-refractivity contribution in [2.45, 2.75) is 65.5 Å². The molecule has 0 saturated carbocycles. The molecule has 1 aromatic carbocycles. The third-order valence-electron chi connectivity index (χ3n) is 4.95. The van der Waals surface area contributed by atoms with Crippen molar-refractivity contribution in [3.63, 3.8) is 0 Å². The van der Waals surface area contributed by atoms with Crippen molar-refractivity contribution in [3.05, 3.63) is 30.1 Å². The van der Waals surface area contributed by atoms with Crippen molar-refractivity contribution in [2.75, 3.05) is 12.3 Å². The van der Waals surface area contributed by atoms with E-state index in [-0.39, 0.29) is 24.8 Å². The average Bonchev–Trinajstić information content (AvgIpc) is 3.05. The molecule has 2 aromatic heterocycles. The topological polar surface area (TPSA) is 107 Å². The van der Waals surface area contributed by atoms with Crippen molar-refractivity contribution in [1.82, 2.24) is 19.9 Å². The van der Waals surface area contributed by atoms with Gasteiger partial charge in [-0.2, -0.15) is 0 Å². The summed E-state index contributed by atoms with van der Waals surface area (Å²) in [5.74, 6) is 2.12. The number of anilines is 1. The van der Waals surface area contributed by atoms with Gasteiger partial charge in [0, 0.05) is 30.9 Å². The van der Waals surface area contributed by atoms with Crippen LogP contribution >= 0.6 is 24.8 Å². The zero-order valence-corrected chi connectivity index (χ0v) is 20.2. The molecular weight excluding hydrogens is 433 g/mol. The molecule has 31 heavy (non-hydrogen) atoms. The number of nitrogens with two attached hydrogens (primary N) is 2. The van der Waals surface area contributed by atoms with Crippen LogP contribution in [-0.2, 0) is 13.0 Å². The average molecular weight is 468 g/mol. The fraction of sp³-hybridized carbons (Fsp3) is 0.500. The maximum atomic E-state index is 6.26. The van der Waals surface area contributed by atoms with Gasteiger partial charge in [-0.3, -0.25) is 4.99 Å². The SMILES string of the molecule is CCCCc1nc2c(N)nc3ccccc3c2n1CCCCN=C(N)NC(C)C.Cl.Cl. The first-order chi connectivity index (χ1) is 14.0. The first-order valence-corrected chi connectivity index (χ1v) is 10.6. The third kappa shape index (κ3) is 6.61. The lowest BCUT2D eigenvalue weighted by atomic mass is 10.2. The molecule has 0 amide bonds. The molecule has 5 N–H and O–H groups in total. The van der Waals surface area contributed by atoms with E-state index in [2.05, 4.69) is 46.7 Å². The van der Waals surface area contributed by atoms with Crippen LogP contribution in [0.25, 0.3) is 21.9 Å². The first kappa shape index (κ1) is 26.8.